The van der Waals surface area contributed by atoms with Gasteiger partial charge in [0, 0.05) is 59.9 Å². The summed E-state index contributed by atoms with van der Waals surface area (Å²) in [5.41, 5.74) is 19.9. The van der Waals surface area contributed by atoms with Crippen LogP contribution in [0.1, 0.15) is 18.1 Å². The average Bonchev–Trinajstić information content (AvgIpc) is 4.01. The molecule has 0 saturated heterocycles. The summed E-state index contributed by atoms with van der Waals surface area (Å²) in [6.07, 6.45) is 9.33. The van der Waals surface area contributed by atoms with Gasteiger partial charge < -0.3 is 19.1 Å². The van der Waals surface area contributed by atoms with Crippen molar-refractivity contribution in [3.63, 3.8) is 0 Å². The first-order valence-corrected chi connectivity index (χ1v) is 23.1. The number of fused-ring (bicyclic) bond motifs is 13. The Morgan fingerprint density at radius 2 is 1.06 bits per heavy atom. The summed E-state index contributed by atoms with van der Waals surface area (Å²) < 4.78 is 7.39. The predicted molar refractivity (Wildman–Crippen MR) is 287 cm³/mol. The van der Waals surface area contributed by atoms with Crippen LogP contribution in [0.2, 0.25) is 0 Å². The number of rotatable bonds is 7. The van der Waals surface area contributed by atoms with Gasteiger partial charge in [0.1, 0.15) is 5.84 Å². The Morgan fingerprint density at radius 1 is 0.545 bits per heavy atom. The number of nitrogens with two attached hydrogens (primary N) is 1. The second kappa shape index (κ2) is 16.8. The monoisotopic (exact) mass is 870 g/mol. The minimum atomic E-state index is 0.374. The molecule has 4 aromatic heterocycles. The third-order valence-corrected chi connectivity index (χ3v) is 12.7. The lowest BCUT2D eigenvalue weighted by Crippen LogP contribution is -2.17. The summed E-state index contributed by atoms with van der Waals surface area (Å²) in [7, 11) is 0. The van der Waals surface area contributed by atoms with Crippen LogP contribution in [0.25, 0.3) is 92.9 Å². The molecule has 0 aliphatic carbocycles. The van der Waals surface area contributed by atoms with Crippen LogP contribution in [0.4, 0.5) is 0 Å². The molecule has 0 spiro atoms. The Bertz CT molecular complexity index is 4030. The molecule has 66 heavy (non-hydrogen) atoms. The maximum absolute atomic E-state index is 6.98. The lowest BCUT2D eigenvalue weighted by atomic mass is 10.0. The van der Waals surface area contributed by atoms with Crippen molar-refractivity contribution in [1.82, 2.24) is 13.4 Å². The molecule has 0 radical (unpaired) electrons. The molecule has 0 amide bonds. The molecule has 6 nitrogen and oxygen atoms in total. The van der Waals surface area contributed by atoms with E-state index in [-0.39, 0.29) is 0 Å². The summed E-state index contributed by atoms with van der Waals surface area (Å²) in [5, 5.41) is 9.69. The number of hydrogen-bond donors (Lipinski definition) is 2. The fraction of sp³-hybridized carbons (Fsp3) is 0.0508. The molecule has 318 valence electrons. The van der Waals surface area contributed by atoms with Gasteiger partial charge in [-0.15, -0.1) is 0 Å². The van der Waals surface area contributed by atoms with Gasteiger partial charge in [0.25, 0.3) is 0 Å². The third kappa shape index (κ3) is 6.42. The van der Waals surface area contributed by atoms with Gasteiger partial charge in [0.15, 0.2) is 5.84 Å². The lowest BCUT2D eigenvalue weighted by molar-refractivity contribution is 1.06. The number of nitrogens with zero attached hydrogens (tertiary/aromatic N) is 5. The van der Waals surface area contributed by atoms with Crippen LogP contribution in [0.15, 0.2) is 222 Å². The van der Waals surface area contributed by atoms with Crippen LogP contribution in [0.5, 0.6) is 0 Å². The van der Waals surface area contributed by atoms with Gasteiger partial charge in [-0.3, -0.25) is 4.99 Å². The van der Waals surface area contributed by atoms with Crippen LogP contribution < -0.4 is 5.73 Å². The van der Waals surface area contributed by atoms with Crippen molar-refractivity contribution in [2.45, 2.75) is 13.5 Å². The number of hydrogen-bond acceptors (Lipinski definition) is 2. The van der Waals surface area contributed by atoms with Gasteiger partial charge in [-0.25, -0.2) is 4.99 Å². The zero-order chi connectivity index (χ0) is 44.9. The fourth-order valence-electron chi connectivity index (χ4n) is 10.0. The van der Waals surface area contributed by atoms with E-state index in [4.69, 9.17) is 15.7 Å². The van der Waals surface area contributed by atoms with E-state index in [1.54, 1.807) is 12.3 Å². The van der Waals surface area contributed by atoms with E-state index in [2.05, 4.69) is 184 Å². The average molecular weight is 871 g/mol. The van der Waals surface area contributed by atoms with E-state index in [9.17, 15) is 0 Å². The summed E-state index contributed by atoms with van der Waals surface area (Å²) in [4.78, 5) is 9.98. The minimum Gasteiger partial charge on any atom is -0.383 e. The van der Waals surface area contributed by atoms with E-state index in [0.717, 1.165) is 49.8 Å². The normalized spacial score (nSPS) is 12.9. The van der Waals surface area contributed by atoms with Gasteiger partial charge in [0.2, 0.25) is 0 Å². The van der Waals surface area contributed by atoms with Crippen molar-refractivity contribution >= 4 is 112 Å². The number of thiol groups is 1. The molecule has 0 saturated carbocycles. The van der Waals surface area contributed by atoms with E-state index < -0.39 is 0 Å². The maximum Gasteiger partial charge on any atom is 0.157 e. The zero-order valence-corrected chi connectivity index (χ0v) is 37.6. The molecule has 7 heteroatoms. The summed E-state index contributed by atoms with van der Waals surface area (Å²) in [6, 6.07) is 63.3. The molecule has 0 aliphatic heterocycles. The van der Waals surface area contributed by atoms with Gasteiger partial charge in [-0.2, -0.15) is 12.6 Å². The third-order valence-electron chi connectivity index (χ3n) is 12.7. The van der Waals surface area contributed by atoms with E-state index in [0.29, 0.717) is 18.2 Å². The van der Waals surface area contributed by atoms with Gasteiger partial charge in [-0.05, 0) is 61.2 Å². The molecule has 0 bridgehead atoms. The van der Waals surface area contributed by atoms with Crippen molar-refractivity contribution in [2.24, 2.45) is 15.7 Å². The fourth-order valence-corrected chi connectivity index (χ4v) is 10.0. The molecule has 0 unspecified atom stereocenters. The molecule has 0 aliphatic rings. The molecule has 12 aromatic rings. The summed E-state index contributed by atoms with van der Waals surface area (Å²) in [6.45, 7) is 6.41. The van der Waals surface area contributed by atoms with Gasteiger partial charge in [0.05, 0.1) is 50.7 Å². The number of para-hydroxylation sites is 5. The molecule has 0 atom stereocenters. The van der Waals surface area contributed by atoms with Crippen molar-refractivity contribution in [3.05, 3.63) is 224 Å². The van der Waals surface area contributed by atoms with Crippen molar-refractivity contribution in [3.8, 4) is 5.69 Å². The lowest BCUT2D eigenvalue weighted by Gasteiger charge is -2.13. The highest BCUT2D eigenvalue weighted by atomic mass is 32.1. The molecular formula is C59H46N6S. The highest BCUT2D eigenvalue weighted by molar-refractivity contribution is 7.79. The van der Waals surface area contributed by atoms with Crippen LogP contribution in [0.3, 0.4) is 0 Å². The highest BCUT2D eigenvalue weighted by Crippen LogP contribution is 2.42. The van der Waals surface area contributed by atoms with Gasteiger partial charge in [-0.1, -0.05) is 164 Å². The minimum absolute atomic E-state index is 0.374. The first-order chi connectivity index (χ1) is 32.6. The Labute approximate surface area is 387 Å². The standard InChI is InChI=1S/C58H42N6.CH4S/c1-3-17-38(18-4-2)58(60-36-37-19-6-5-7-20-37)61-57(59)39-21-14-22-40(33-39)62-49-30-11-10-25-43(49)48-34-53-54(35-52(48)62)64-51-32-13-9-24-42(51)45-27-16-29-47(56(45)64)46-28-15-26-44-41-23-8-12-31-50(41)63(53)55(44)46;1-2/h3-35H,1,36H2,2H3,(H2,59,60,61);2H,1H3/b18-4-,38-17+;. The van der Waals surface area contributed by atoms with E-state index in [1.807, 2.05) is 49.4 Å². The molecule has 2 N–H and O–H groups in total. The van der Waals surface area contributed by atoms with Crippen LogP contribution in [-0.2, 0) is 6.54 Å². The highest BCUT2D eigenvalue weighted by Gasteiger charge is 2.21. The first-order valence-electron chi connectivity index (χ1n) is 22.2. The second-order valence-corrected chi connectivity index (χ2v) is 16.3. The van der Waals surface area contributed by atoms with E-state index in [1.165, 1.54) is 59.8 Å². The smallest absolute Gasteiger partial charge is 0.157 e. The summed E-state index contributed by atoms with van der Waals surface area (Å²) in [5.74, 6) is 0.915. The number of benzene rings is 8. The molecule has 12 rings (SSSR count). The largest absolute Gasteiger partial charge is 0.383 e. The Morgan fingerprint density at radius 3 is 1.67 bits per heavy atom. The van der Waals surface area contributed by atoms with Crippen LogP contribution >= 0.6 is 12.6 Å². The quantitative estimate of drug-likeness (QED) is 0.0712. The van der Waals surface area contributed by atoms with E-state index >= 15 is 0 Å². The first kappa shape index (κ1) is 40.6. The van der Waals surface area contributed by atoms with Crippen molar-refractivity contribution in [1.29, 1.82) is 0 Å². The molecule has 8 aromatic carbocycles. The Balaban J connectivity index is 0.00000238. The number of allylic oxidation sites excluding steroid dienone is 3. The Kier molecular flexibility index (Phi) is 10.3. The van der Waals surface area contributed by atoms with Crippen LogP contribution in [-0.4, -0.2) is 31.3 Å². The molecule has 0 fully saturated rings. The Hall–Kier alpha value is -8.13. The molecular weight excluding hydrogens is 825 g/mol. The maximum atomic E-state index is 6.98. The topological polar surface area (TPSA) is 64.5 Å². The van der Waals surface area contributed by atoms with Crippen molar-refractivity contribution in [2.75, 3.05) is 6.26 Å². The second-order valence-electron chi connectivity index (χ2n) is 16.3. The molecule has 4 heterocycles. The van der Waals surface area contributed by atoms with Crippen molar-refractivity contribution < 1.29 is 0 Å². The van der Waals surface area contributed by atoms with Crippen LogP contribution in [0, 0.1) is 0 Å². The zero-order valence-electron chi connectivity index (χ0n) is 36.7. The summed E-state index contributed by atoms with van der Waals surface area (Å²) >= 11 is 3.53. The number of aliphatic imine (C=N–C) groups is 2. The number of amidine groups is 2. The number of aromatic nitrogens is 3. The predicted octanol–water partition coefficient (Wildman–Crippen LogP) is 14.6. The van der Waals surface area contributed by atoms with Gasteiger partial charge >= 0.3 is 0 Å². The SMILES string of the molecule is C=C/C=C(\C=C/C)C(=NCc1ccccc1)N=C(N)c1cccc(-n2c3ccccc3c3cc4c(cc32)n2c3ccccc3c3cccc(c5cccc6c7ccccc7n4c65)c32)c1.CS.